The molecule has 0 saturated carbocycles. The van der Waals surface area contributed by atoms with Crippen molar-refractivity contribution in [2.24, 2.45) is 5.92 Å². The van der Waals surface area contributed by atoms with Crippen molar-refractivity contribution in [3.63, 3.8) is 0 Å². The van der Waals surface area contributed by atoms with Crippen LogP contribution in [0.15, 0.2) is 54.6 Å². The predicted octanol–water partition coefficient (Wildman–Crippen LogP) is 3.31. The van der Waals surface area contributed by atoms with Crippen LogP contribution in [-0.2, 0) is 4.79 Å². The molecule has 0 heterocycles. The molecular formula is C18H19NO2. The maximum Gasteiger partial charge on any atom is 0.252 e. The molecule has 0 aromatic heterocycles. The molecule has 2 rings (SSSR count). The summed E-state index contributed by atoms with van der Waals surface area (Å²) in [7, 11) is 0. The molecule has 1 atom stereocenters. The lowest BCUT2D eigenvalue weighted by Gasteiger charge is -2.17. The highest BCUT2D eigenvalue weighted by molar-refractivity contribution is 6.01. The van der Waals surface area contributed by atoms with E-state index in [1.165, 1.54) is 0 Å². The number of hydrogen-bond donors (Lipinski definition) is 1. The van der Waals surface area contributed by atoms with Gasteiger partial charge in [-0.25, -0.2) is 0 Å². The lowest BCUT2D eigenvalue weighted by molar-refractivity contribution is -0.110. The number of benzene rings is 2. The smallest absolute Gasteiger partial charge is 0.252 e. The van der Waals surface area contributed by atoms with Gasteiger partial charge in [-0.3, -0.25) is 4.79 Å². The summed E-state index contributed by atoms with van der Waals surface area (Å²) in [4.78, 5) is 23.5. The minimum absolute atomic E-state index is 0.0651. The van der Waals surface area contributed by atoms with Crippen molar-refractivity contribution in [2.45, 2.75) is 19.9 Å². The highest BCUT2D eigenvalue weighted by atomic mass is 16.2. The summed E-state index contributed by atoms with van der Waals surface area (Å²) in [5.74, 6) is -0.157. The number of aldehydes is 1. The van der Waals surface area contributed by atoms with Gasteiger partial charge in [0.25, 0.3) is 5.91 Å². The monoisotopic (exact) mass is 281 g/mol. The van der Waals surface area contributed by atoms with E-state index < -0.39 is 6.04 Å². The third-order valence-corrected chi connectivity index (χ3v) is 3.42. The van der Waals surface area contributed by atoms with E-state index in [4.69, 9.17) is 0 Å². The molecule has 0 aliphatic carbocycles. The number of hydrogen-bond acceptors (Lipinski definition) is 2. The molecule has 2 aromatic rings. The fraction of sp³-hybridized carbons (Fsp3) is 0.222. The molecule has 0 bridgehead atoms. The molecule has 0 aliphatic rings. The van der Waals surface area contributed by atoms with Crippen LogP contribution < -0.4 is 5.32 Å². The normalized spacial score (nSPS) is 12.0. The molecule has 2 aromatic carbocycles. The second-order valence-electron chi connectivity index (χ2n) is 5.29. The van der Waals surface area contributed by atoms with E-state index in [0.29, 0.717) is 5.56 Å². The van der Waals surface area contributed by atoms with Crippen LogP contribution in [-0.4, -0.2) is 18.2 Å². The summed E-state index contributed by atoms with van der Waals surface area (Å²) in [5.41, 5.74) is 2.43. The minimum atomic E-state index is -0.471. The molecule has 0 spiro atoms. The molecule has 3 nitrogen and oxygen atoms in total. The van der Waals surface area contributed by atoms with Crippen LogP contribution in [0.3, 0.4) is 0 Å². The number of amides is 1. The zero-order chi connectivity index (χ0) is 15.2. The van der Waals surface area contributed by atoms with Gasteiger partial charge in [-0.15, -0.1) is 0 Å². The molecule has 0 fully saturated rings. The van der Waals surface area contributed by atoms with E-state index >= 15 is 0 Å². The number of rotatable bonds is 5. The lowest BCUT2D eigenvalue weighted by atomic mass is 9.98. The van der Waals surface area contributed by atoms with Crippen molar-refractivity contribution in [3.8, 4) is 11.1 Å². The van der Waals surface area contributed by atoms with Crippen LogP contribution in [0.5, 0.6) is 0 Å². The third-order valence-electron chi connectivity index (χ3n) is 3.42. The highest BCUT2D eigenvalue weighted by Crippen LogP contribution is 2.23. The molecule has 0 aliphatic heterocycles. The predicted molar refractivity (Wildman–Crippen MR) is 84.0 cm³/mol. The van der Waals surface area contributed by atoms with Gasteiger partial charge in [-0.2, -0.15) is 0 Å². The van der Waals surface area contributed by atoms with Crippen molar-refractivity contribution in [2.75, 3.05) is 0 Å². The lowest BCUT2D eigenvalue weighted by Crippen LogP contribution is -2.39. The van der Waals surface area contributed by atoms with E-state index in [2.05, 4.69) is 5.32 Å². The van der Waals surface area contributed by atoms with Gasteiger partial charge in [0, 0.05) is 5.56 Å². The molecular weight excluding hydrogens is 262 g/mol. The Labute approximate surface area is 125 Å². The van der Waals surface area contributed by atoms with E-state index in [9.17, 15) is 9.59 Å². The Morgan fingerprint density at radius 2 is 1.62 bits per heavy atom. The Morgan fingerprint density at radius 1 is 1.00 bits per heavy atom. The number of carbonyl (C=O) groups excluding carboxylic acids is 2. The molecule has 3 heteroatoms. The summed E-state index contributed by atoms with van der Waals surface area (Å²) in [5, 5.41) is 2.79. The summed E-state index contributed by atoms with van der Waals surface area (Å²) in [6.07, 6.45) is 0.785. The quantitative estimate of drug-likeness (QED) is 0.855. The molecule has 108 valence electrons. The van der Waals surface area contributed by atoms with Gasteiger partial charge in [-0.1, -0.05) is 62.4 Å². The first kappa shape index (κ1) is 15.0. The topological polar surface area (TPSA) is 46.2 Å². The number of carbonyl (C=O) groups is 2. The van der Waals surface area contributed by atoms with E-state index in [1.54, 1.807) is 6.07 Å². The summed E-state index contributed by atoms with van der Waals surface area (Å²) >= 11 is 0. The first-order chi connectivity index (χ1) is 10.1. The molecule has 0 saturated heterocycles. The van der Waals surface area contributed by atoms with Gasteiger partial charge in [0.15, 0.2) is 0 Å². The molecule has 0 radical (unpaired) electrons. The van der Waals surface area contributed by atoms with Gasteiger partial charge in [0.1, 0.15) is 6.29 Å². The van der Waals surface area contributed by atoms with Crippen molar-refractivity contribution in [3.05, 3.63) is 60.2 Å². The summed E-state index contributed by atoms with van der Waals surface area (Å²) in [6.45, 7) is 3.81. The largest absolute Gasteiger partial charge is 0.342 e. The second kappa shape index (κ2) is 6.84. The summed E-state index contributed by atoms with van der Waals surface area (Å²) in [6, 6.07) is 16.7. The Balaban J connectivity index is 2.32. The van der Waals surface area contributed by atoms with E-state index in [0.717, 1.165) is 17.4 Å². The van der Waals surface area contributed by atoms with Crippen LogP contribution in [0, 0.1) is 5.92 Å². The number of nitrogens with one attached hydrogen (secondary N) is 1. The van der Waals surface area contributed by atoms with Crippen molar-refractivity contribution in [1.29, 1.82) is 0 Å². The first-order valence-electron chi connectivity index (χ1n) is 7.04. The van der Waals surface area contributed by atoms with Crippen LogP contribution in [0.1, 0.15) is 24.2 Å². The van der Waals surface area contributed by atoms with Gasteiger partial charge in [-0.05, 0) is 23.1 Å². The summed E-state index contributed by atoms with van der Waals surface area (Å²) < 4.78 is 0. The second-order valence-corrected chi connectivity index (χ2v) is 5.29. The van der Waals surface area contributed by atoms with E-state index in [1.807, 2.05) is 62.4 Å². The Bertz CT molecular complexity index is 620. The van der Waals surface area contributed by atoms with Crippen LogP contribution >= 0.6 is 0 Å². The molecule has 1 N–H and O–H groups in total. The fourth-order valence-electron chi connectivity index (χ4n) is 2.14. The van der Waals surface area contributed by atoms with Crippen LogP contribution in [0.4, 0.5) is 0 Å². The standard InChI is InChI=1S/C18H19NO2/c1-13(2)17(12-20)19-18(21)16-11-7-6-10-15(16)14-8-4-3-5-9-14/h3-13,17H,1-2H3,(H,19,21). The Kier molecular flexibility index (Phi) is 4.88. The molecule has 1 amide bonds. The Morgan fingerprint density at radius 3 is 2.24 bits per heavy atom. The maximum atomic E-state index is 12.4. The zero-order valence-corrected chi connectivity index (χ0v) is 12.2. The average Bonchev–Trinajstić information content (AvgIpc) is 2.53. The van der Waals surface area contributed by atoms with Gasteiger partial charge in [0.2, 0.25) is 0 Å². The molecule has 21 heavy (non-hydrogen) atoms. The molecule has 1 unspecified atom stereocenters. The van der Waals surface area contributed by atoms with Crippen molar-refractivity contribution >= 4 is 12.2 Å². The van der Waals surface area contributed by atoms with Gasteiger partial charge in [0.05, 0.1) is 6.04 Å². The average molecular weight is 281 g/mol. The van der Waals surface area contributed by atoms with Gasteiger partial charge < -0.3 is 10.1 Å². The van der Waals surface area contributed by atoms with Crippen LogP contribution in [0.25, 0.3) is 11.1 Å². The van der Waals surface area contributed by atoms with Crippen molar-refractivity contribution in [1.82, 2.24) is 5.32 Å². The van der Waals surface area contributed by atoms with Gasteiger partial charge >= 0.3 is 0 Å². The first-order valence-corrected chi connectivity index (χ1v) is 7.04. The zero-order valence-electron chi connectivity index (χ0n) is 12.2. The van der Waals surface area contributed by atoms with E-state index in [-0.39, 0.29) is 11.8 Å². The van der Waals surface area contributed by atoms with Crippen LogP contribution in [0.2, 0.25) is 0 Å². The maximum absolute atomic E-state index is 12.4. The Hall–Kier alpha value is -2.42. The fourth-order valence-corrected chi connectivity index (χ4v) is 2.14. The SMILES string of the molecule is CC(C)C(C=O)NC(=O)c1ccccc1-c1ccccc1. The van der Waals surface area contributed by atoms with Crippen molar-refractivity contribution < 1.29 is 9.59 Å². The highest BCUT2D eigenvalue weighted by Gasteiger charge is 2.18. The third kappa shape index (κ3) is 3.57. The minimum Gasteiger partial charge on any atom is -0.342 e.